The molecule has 2 N–H and O–H groups in total. The fourth-order valence-electron chi connectivity index (χ4n) is 2.57. The number of carbonyl (C=O) groups is 2. The van der Waals surface area contributed by atoms with E-state index in [2.05, 4.69) is 15.1 Å². The van der Waals surface area contributed by atoms with Crippen LogP contribution in [0.1, 0.15) is 29.6 Å². The van der Waals surface area contributed by atoms with E-state index in [1.807, 2.05) is 0 Å². The second kappa shape index (κ2) is 5.80. The topological polar surface area (TPSA) is 112 Å². The van der Waals surface area contributed by atoms with Crippen molar-refractivity contribution >= 4 is 23.5 Å². The van der Waals surface area contributed by atoms with E-state index in [9.17, 15) is 14.7 Å². The Bertz CT molecular complexity index is 710. The Balaban J connectivity index is 1.73. The Morgan fingerprint density at radius 2 is 2.36 bits per heavy atom. The fraction of sp³-hybridized carbons (Fsp3) is 0.385. The van der Waals surface area contributed by atoms with Crippen LogP contribution < -0.4 is 0 Å². The number of nitrogens with one attached hydrogen (secondary N) is 1. The van der Waals surface area contributed by atoms with Crippen molar-refractivity contribution in [3.05, 3.63) is 34.7 Å². The van der Waals surface area contributed by atoms with E-state index in [0.29, 0.717) is 30.8 Å². The lowest BCUT2D eigenvalue weighted by atomic mass is 10.0. The van der Waals surface area contributed by atoms with Crippen molar-refractivity contribution in [2.24, 2.45) is 0 Å². The lowest BCUT2D eigenvalue weighted by Crippen LogP contribution is -2.43. The van der Waals surface area contributed by atoms with Crippen LogP contribution in [0.15, 0.2) is 16.9 Å². The summed E-state index contributed by atoms with van der Waals surface area (Å²) in [5, 5.41) is 13.2. The zero-order valence-corrected chi connectivity index (χ0v) is 12.2. The highest BCUT2D eigenvalue weighted by Crippen LogP contribution is 2.28. The van der Waals surface area contributed by atoms with Crippen LogP contribution in [0.25, 0.3) is 0 Å². The Labute approximate surface area is 130 Å². The molecule has 0 aromatic carbocycles. The number of carboxylic acid groups (broad SMARTS) is 1. The molecule has 1 amide bonds. The standard InChI is InChI=1S/C13H13ClN4O4/c14-9-5-7(22-17-9)1-2-10(19)18-4-3-8-11(16-6-15-8)12(18)13(20)21/h5-6,12H,1-4H2,(H,15,16)(H,20,21). The number of rotatable bonds is 4. The molecule has 0 aliphatic carbocycles. The van der Waals surface area contributed by atoms with Crippen molar-refractivity contribution in [2.45, 2.75) is 25.3 Å². The Hall–Kier alpha value is -2.35. The van der Waals surface area contributed by atoms with Crippen molar-refractivity contribution in [3.63, 3.8) is 0 Å². The quantitative estimate of drug-likeness (QED) is 0.873. The van der Waals surface area contributed by atoms with Crippen LogP contribution >= 0.6 is 11.6 Å². The molecule has 1 unspecified atom stereocenters. The van der Waals surface area contributed by atoms with Gasteiger partial charge in [0.05, 0.1) is 12.0 Å². The third kappa shape index (κ3) is 2.69. The Morgan fingerprint density at radius 3 is 3.05 bits per heavy atom. The monoisotopic (exact) mass is 324 g/mol. The normalized spacial score (nSPS) is 17.3. The third-order valence-corrected chi connectivity index (χ3v) is 3.77. The molecule has 116 valence electrons. The maximum Gasteiger partial charge on any atom is 0.332 e. The van der Waals surface area contributed by atoms with Crippen LogP contribution in [0.2, 0.25) is 5.15 Å². The molecule has 1 atom stereocenters. The SMILES string of the molecule is O=C(O)C1c2nc[nH]c2CCN1C(=O)CCc1cc(Cl)no1. The average molecular weight is 325 g/mol. The number of aryl methyl sites for hydroxylation is 1. The average Bonchev–Trinajstić information content (AvgIpc) is 3.11. The first-order valence-electron chi connectivity index (χ1n) is 6.72. The molecule has 0 saturated carbocycles. The Kier molecular flexibility index (Phi) is 3.84. The minimum atomic E-state index is -1.09. The first kappa shape index (κ1) is 14.6. The molecule has 0 bridgehead atoms. The van der Waals surface area contributed by atoms with Gasteiger partial charge in [-0.3, -0.25) is 4.79 Å². The van der Waals surface area contributed by atoms with Gasteiger partial charge in [0, 0.05) is 37.6 Å². The zero-order valence-electron chi connectivity index (χ0n) is 11.5. The van der Waals surface area contributed by atoms with Gasteiger partial charge in [-0.1, -0.05) is 16.8 Å². The number of aromatic amines is 1. The van der Waals surface area contributed by atoms with Gasteiger partial charge in [-0.25, -0.2) is 9.78 Å². The van der Waals surface area contributed by atoms with Gasteiger partial charge in [0.2, 0.25) is 5.91 Å². The molecule has 9 heteroatoms. The van der Waals surface area contributed by atoms with Gasteiger partial charge in [0.25, 0.3) is 0 Å². The summed E-state index contributed by atoms with van der Waals surface area (Å²) >= 11 is 5.64. The van der Waals surface area contributed by atoms with Gasteiger partial charge in [-0.05, 0) is 0 Å². The van der Waals surface area contributed by atoms with Gasteiger partial charge in [0.15, 0.2) is 11.2 Å². The van der Waals surface area contributed by atoms with E-state index in [4.69, 9.17) is 16.1 Å². The highest BCUT2D eigenvalue weighted by atomic mass is 35.5. The van der Waals surface area contributed by atoms with Crippen molar-refractivity contribution in [2.75, 3.05) is 6.54 Å². The van der Waals surface area contributed by atoms with Crippen LogP contribution in [-0.4, -0.2) is 43.6 Å². The molecule has 1 aliphatic heterocycles. The second-order valence-electron chi connectivity index (χ2n) is 4.96. The van der Waals surface area contributed by atoms with Crippen molar-refractivity contribution in [1.29, 1.82) is 0 Å². The number of carbonyl (C=O) groups excluding carboxylic acids is 1. The number of halogens is 1. The second-order valence-corrected chi connectivity index (χ2v) is 5.35. The number of hydrogen-bond donors (Lipinski definition) is 2. The van der Waals surface area contributed by atoms with E-state index < -0.39 is 12.0 Å². The van der Waals surface area contributed by atoms with Crippen molar-refractivity contribution < 1.29 is 19.2 Å². The highest BCUT2D eigenvalue weighted by Gasteiger charge is 2.37. The first-order valence-corrected chi connectivity index (χ1v) is 7.09. The smallest absolute Gasteiger partial charge is 0.332 e. The van der Waals surface area contributed by atoms with Crippen LogP contribution in [0, 0.1) is 0 Å². The Morgan fingerprint density at radius 1 is 1.55 bits per heavy atom. The van der Waals surface area contributed by atoms with E-state index in [-0.39, 0.29) is 17.5 Å². The molecular weight excluding hydrogens is 312 g/mol. The van der Waals surface area contributed by atoms with Crippen LogP contribution in [0.3, 0.4) is 0 Å². The number of fused-ring (bicyclic) bond motifs is 1. The number of amides is 1. The van der Waals surface area contributed by atoms with E-state index in [1.165, 1.54) is 17.3 Å². The lowest BCUT2D eigenvalue weighted by Gasteiger charge is -2.32. The summed E-state index contributed by atoms with van der Waals surface area (Å²) < 4.78 is 4.93. The summed E-state index contributed by atoms with van der Waals surface area (Å²) in [7, 11) is 0. The van der Waals surface area contributed by atoms with Crippen LogP contribution in [-0.2, 0) is 22.4 Å². The van der Waals surface area contributed by atoms with Crippen molar-refractivity contribution in [3.8, 4) is 0 Å². The molecule has 0 spiro atoms. The lowest BCUT2D eigenvalue weighted by molar-refractivity contribution is -0.151. The number of aromatic nitrogens is 3. The molecule has 2 aromatic rings. The molecule has 0 radical (unpaired) electrons. The molecule has 3 rings (SSSR count). The summed E-state index contributed by atoms with van der Waals surface area (Å²) in [6.07, 6.45) is 2.44. The summed E-state index contributed by atoms with van der Waals surface area (Å²) in [6, 6.07) is 0.478. The maximum atomic E-state index is 12.4. The molecule has 1 aliphatic rings. The molecule has 8 nitrogen and oxygen atoms in total. The summed E-state index contributed by atoms with van der Waals surface area (Å²) in [5.41, 5.74) is 1.16. The van der Waals surface area contributed by atoms with Gasteiger partial charge in [-0.15, -0.1) is 0 Å². The van der Waals surface area contributed by atoms with E-state index >= 15 is 0 Å². The minimum absolute atomic E-state index is 0.120. The summed E-state index contributed by atoms with van der Waals surface area (Å²) in [4.78, 5) is 32.2. The molecule has 0 saturated heterocycles. The van der Waals surface area contributed by atoms with E-state index in [1.54, 1.807) is 0 Å². The van der Waals surface area contributed by atoms with Gasteiger partial charge in [-0.2, -0.15) is 0 Å². The number of imidazole rings is 1. The largest absolute Gasteiger partial charge is 0.479 e. The molecule has 0 fully saturated rings. The van der Waals surface area contributed by atoms with E-state index in [0.717, 1.165) is 5.69 Å². The van der Waals surface area contributed by atoms with Gasteiger partial charge >= 0.3 is 5.97 Å². The summed E-state index contributed by atoms with van der Waals surface area (Å²) in [6.45, 7) is 0.335. The number of aliphatic carboxylic acids is 1. The predicted octanol–water partition coefficient (Wildman–Crippen LogP) is 1.19. The zero-order chi connectivity index (χ0) is 15.7. The van der Waals surface area contributed by atoms with Gasteiger partial charge in [0.1, 0.15) is 5.76 Å². The number of hydrogen-bond acceptors (Lipinski definition) is 5. The number of nitrogens with zero attached hydrogens (tertiary/aromatic N) is 3. The highest BCUT2D eigenvalue weighted by molar-refractivity contribution is 6.29. The summed E-state index contributed by atoms with van der Waals surface area (Å²) in [5.74, 6) is -0.875. The van der Waals surface area contributed by atoms with Crippen LogP contribution in [0.5, 0.6) is 0 Å². The molecule has 22 heavy (non-hydrogen) atoms. The maximum absolute atomic E-state index is 12.4. The number of H-pyrrole nitrogens is 1. The molecular formula is C13H13ClN4O4. The number of carboxylic acids is 1. The predicted molar refractivity (Wildman–Crippen MR) is 74.2 cm³/mol. The fourth-order valence-corrected chi connectivity index (χ4v) is 2.73. The molecule has 3 heterocycles. The minimum Gasteiger partial charge on any atom is -0.479 e. The van der Waals surface area contributed by atoms with Crippen molar-refractivity contribution in [1.82, 2.24) is 20.0 Å². The third-order valence-electron chi connectivity index (χ3n) is 3.59. The van der Waals surface area contributed by atoms with Gasteiger partial charge < -0.3 is 19.5 Å². The first-order chi connectivity index (χ1) is 10.6. The van der Waals surface area contributed by atoms with Crippen LogP contribution in [0.4, 0.5) is 0 Å². The molecule has 2 aromatic heterocycles.